The highest BCUT2D eigenvalue weighted by molar-refractivity contribution is 6.36. The quantitative estimate of drug-likeness (QED) is 0.544. The van der Waals surface area contributed by atoms with Crippen molar-refractivity contribution in [3.05, 3.63) is 62.6 Å². The molecule has 0 amide bonds. The fraction of sp³-hybridized carbons (Fsp3) is 0. The molecular formula is C15H9Cl2N3O2. The third kappa shape index (κ3) is 2.34. The summed E-state index contributed by atoms with van der Waals surface area (Å²) in [5.74, 6) is 0. The molecule has 0 aliphatic rings. The Labute approximate surface area is 135 Å². The first-order valence-electron chi connectivity index (χ1n) is 6.27. The van der Waals surface area contributed by atoms with Gasteiger partial charge in [-0.3, -0.25) is 10.1 Å². The van der Waals surface area contributed by atoms with Gasteiger partial charge in [-0.25, -0.2) is 4.98 Å². The van der Waals surface area contributed by atoms with Gasteiger partial charge in [-0.2, -0.15) is 0 Å². The number of fused-ring (bicyclic) bond motifs is 1. The fourth-order valence-corrected chi connectivity index (χ4v) is 2.78. The molecule has 2 aromatic carbocycles. The number of anilines is 1. The number of hydrogen-bond donors (Lipinski definition) is 1. The maximum atomic E-state index is 11.5. The van der Waals surface area contributed by atoms with Crippen molar-refractivity contribution in [3.63, 3.8) is 0 Å². The first kappa shape index (κ1) is 14.6. The van der Waals surface area contributed by atoms with Crippen molar-refractivity contribution < 1.29 is 4.92 Å². The Kier molecular flexibility index (Phi) is 3.60. The zero-order chi connectivity index (χ0) is 15.9. The second-order valence-electron chi connectivity index (χ2n) is 4.62. The van der Waals surface area contributed by atoms with Crippen LogP contribution in [0.2, 0.25) is 10.0 Å². The number of hydrogen-bond acceptors (Lipinski definition) is 4. The molecule has 0 fully saturated rings. The van der Waals surface area contributed by atoms with Crippen LogP contribution < -0.4 is 5.73 Å². The van der Waals surface area contributed by atoms with Gasteiger partial charge in [0.15, 0.2) is 5.69 Å². The number of nitrogen functional groups attached to an aromatic ring is 1. The van der Waals surface area contributed by atoms with E-state index in [1.165, 1.54) is 6.07 Å². The van der Waals surface area contributed by atoms with E-state index in [2.05, 4.69) is 4.98 Å². The fourth-order valence-electron chi connectivity index (χ4n) is 2.28. The third-order valence-corrected chi connectivity index (χ3v) is 3.82. The number of para-hydroxylation sites is 1. The Hall–Kier alpha value is -2.37. The van der Waals surface area contributed by atoms with E-state index in [4.69, 9.17) is 28.9 Å². The highest BCUT2D eigenvalue weighted by Crippen LogP contribution is 2.40. The number of aromatic nitrogens is 1. The molecule has 0 radical (unpaired) electrons. The molecule has 1 heterocycles. The molecule has 5 nitrogen and oxygen atoms in total. The van der Waals surface area contributed by atoms with E-state index in [9.17, 15) is 10.1 Å². The number of benzene rings is 2. The van der Waals surface area contributed by atoms with Gasteiger partial charge in [-0.05, 0) is 24.3 Å². The Balaban J connectivity index is 2.42. The van der Waals surface area contributed by atoms with Crippen LogP contribution in [0, 0.1) is 10.1 Å². The van der Waals surface area contributed by atoms with Crippen LogP contribution in [0.4, 0.5) is 11.4 Å². The Bertz CT molecular complexity index is 913. The SMILES string of the molecule is Nc1c([N+](=O)[O-])c(-c2ccc(Cl)cc2Cl)nc2ccccc12. The number of halogens is 2. The van der Waals surface area contributed by atoms with E-state index in [1.807, 2.05) is 0 Å². The van der Waals surface area contributed by atoms with Crippen molar-refractivity contribution in [2.45, 2.75) is 0 Å². The molecule has 22 heavy (non-hydrogen) atoms. The maximum absolute atomic E-state index is 11.5. The van der Waals surface area contributed by atoms with Crippen LogP contribution in [-0.2, 0) is 0 Å². The van der Waals surface area contributed by atoms with Crippen molar-refractivity contribution in [3.8, 4) is 11.3 Å². The molecule has 110 valence electrons. The molecule has 2 N–H and O–H groups in total. The minimum atomic E-state index is -0.547. The molecule has 0 aliphatic carbocycles. The monoisotopic (exact) mass is 333 g/mol. The third-order valence-electron chi connectivity index (χ3n) is 3.27. The zero-order valence-electron chi connectivity index (χ0n) is 11.1. The lowest BCUT2D eigenvalue weighted by Gasteiger charge is -2.09. The van der Waals surface area contributed by atoms with Gasteiger partial charge in [0, 0.05) is 16.0 Å². The van der Waals surface area contributed by atoms with Crippen LogP contribution in [0.3, 0.4) is 0 Å². The highest BCUT2D eigenvalue weighted by atomic mass is 35.5. The van der Waals surface area contributed by atoms with Gasteiger partial charge < -0.3 is 5.73 Å². The second kappa shape index (κ2) is 5.44. The summed E-state index contributed by atoms with van der Waals surface area (Å²) in [6.45, 7) is 0. The minimum Gasteiger partial charge on any atom is -0.393 e. The smallest absolute Gasteiger partial charge is 0.318 e. The Morgan fingerprint density at radius 1 is 1.14 bits per heavy atom. The largest absolute Gasteiger partial charge is 0.393 e. The van der Waals surface area contributed by atoms with Crippen LogP contribution in [-0.4, -0.2) is 9.91 Å². The molecule has 0 saturated heterocycles. The van der Waals surface area contributed by atoms with Crippen molar-refractivity contribution in [2.75, 3.05) is 5.73 Å². The molecule has 7 heteroatoms. The lowest BCUT2D eigenvalue weighted by molar-refractivity contribution is -0.383. The Morgan fingerprint density at radius 3 is 2.55 bits per heavy atom. The summed E-state index contributed by atoms with van der Waals surface area (Å²) >= 11 is 12.0. The molecule has 0 atom stereocenters. The topological polar surface area (TPSA) is 82.0 Å². The van der Waals surface area contributed by atoms with Crippen molar-refractivity contribution >= 4 is 45.5 Å². The van der Waals surface area contributed by atoms with Crippen molar-refractivity contribution in [1.82, 2.24) is 4.98 Å². The number of rotatable bonds is 2. The first-order valence-corrected chi connectivity index (χ1v) is 7.02. The van der Waals surface area contributed by atoms with Gasteiger partial charge in [0.05, 0.1) is 15.5 Å². The number of nitro groups is 1. The predicted octanol–water partition coefficient (Wildman–Crippen LogP) is 4.70. The van der Waals surface area contributed by atoms with Gasteiger partial charge in [0.2, 0.25) is 0 Å². The summed E-state index contributed by atoms with van der Waals surface area (Å²) in [7, 11) is 0. The standard InChI is InChI=1S/C15H9Cl2N3O2/c16-8-5-6-9(11(17)7-8)14-15(20(21)22)13(18)10-3-1-2-4-12(10)19-14/h1-7H,(H2,18,19). The van der Waals surface area contributed by atoms with Crippen molar-refractivity contribution in [1.29, 1.82) is 0 Å². The van der Waals surface area contributed by atoms with Gasteiger partial charge in [-0.1, -0.05) is 41.4 Å². The molecule has 3 rings (SSSR count). The maximum Gasteiger partial charge on any atom is 0.318 e. The molecule has 3 aromatic rings. The number of nitrogens with zero attached hydrogens (tertiary/aromatic N) is 2. The zero-order valence-corrected chi connectivity index (χ0v) is 12.6. The van der Waals surface area contributed by atoms with E-state index >= 15 is 0 Å². The van der Waals surface area contributed by atoms with Gasteiger partial charge in [-0.15, -0.1) is 0 Å². The van der Waals surface area contributed by atoms with Gasteiger partial charge >= 0.3 is 5.69 Å². The van der Waals surface area contributed by atoms with E-state index < -0.39 is 4.92 Å². The average molecular weight is 334 g/mol. The van der Waals surface area contributed by atoms with Crippen LogP contribution >= 0.6 is 23.2 Å². The molecule has 0 spiro atoms. The van der Waals surface area contributed by atoms with Gasteiger partial charge in [0.25, 0.3) is 0 Å². The van der Waals surface area contributed by atoms with Gasteiger partial charge in [0.1, 0.15) is 5.69 Å². The van der Waals surface area contributed by atoms with Crippen molar-refractivity contribution in [2.24, 2.45) is 0 Å². The molecule has 0 unspecified atom stereocenters. The first-order chi connectivity index (χ1) is 10.5. The molecule has 0 saturated carbocycles. The molecule has 1 aromatic heterocycles. The average Bonchev–Trinajstić information content (AvgIpc) is 2.46. The van der Waals surface area contributed by atoms with Crippen LogP contribution in [0.5, 0.6) is 0 Å². The summed E-state index contributed by atoms with van der Waals surface area (Å²) in [5, 5.41) is 12.7. The van der Waals surface area contributed by atoms with Crippen LogP contribution in [0.25, 0.3) is 22.2 Å². The summed E-state index contributed by atoms with van der Waals surface area (Å²) < 4.78 is 0. The molecular weight excluding hydrogens is 325 g/mol. The van der Waals surface area contributed by atoms with E-state index in [0.29, 0.717) is 21.5 Å². The Morgan fingerprint density at radius 2 is 1.86 bits per heavy atom. The molecule has 0 aliphatic heterocycles. The number of nitrogens with two attached hydrogens (primary N) is 1. The minimum absolute atomic E-state index is 0.0663. The van der Waals surface area contributed by atoms with E-state index in [-0.39, 0.29) is 22.1 Å². The summed E-state index contributed by atoms with van der Waals surface area (Å²) in [6.07, 6.45) is 0. The highest BCUT2D eigenvalue weighted by Gasteiger charge is 2.25. The molecule has 0 bridgehead atoms. The summed E-state index contributed by atoms with van der Waals surface area (Å²) in [4.78, 5) is 15.3. The number of pyridine rings is 1. The lowest BCUT2D eigenvalue weighted by atomic mass is 10.1. The van der Waals surface area contributed by atoms with E-state index in [0.717, 1.165) is 0 Å². The van der Waals surface area contributed by atoms with Crippen LogP contribution in [0.15, 0.2) is 42.5 Å². The van der Waals surface area contributed by atoms with Crippen LogP contribution in [0.1, 0.15) is 0 Å². The lowest BCUT2D eigenvalue weighted by Crippen LogP contribution is -2.02. The summed E-state index contributed by atoms with van der Waals surface area (Å²) in [6, 6.07) is 11.7. The predicted molar refractivity (Wildman–Crippen MR) is 88.3 cm³/mol. The second-order valence-corrected chi connectivity index (χ2v) is 5.46. The summed E-state index contributed by atoms with van der Waals surface area (Å²) in [5.41, 5.74) is 6.89. The van der Waals surface area contributed by atoms with E-state index in [1.54, 1.807) is 36.4 Å². The normalized spacial score (nSPS) is 10.8.